The molecule has 0 bridgehead atoms. The lowest BCUT2D eigenvalue weighted by atomic mass is 10.2. The van der Waals surface area contributed by atoms with Gasteiger partial charge in [-0.15, -0.1) is 0 Å². The van der Waals surface area contributed by atoms with Gasteiger partial charge in [0.25, 0.3) is 0 Å². The fraction of sp³-hybridized carbons (Fsp3) is 0.308. The zero-order valence-corrected chi connectivity index (χ0v) is 11.4. The standard InChI is InChI=1S/C13H14ClN3O2/c1-8(2)13(19)17-10-4-3-9(14)7-11(10)16-12(18)5-6-15/h3-4,7-8H,5H2,1-2H3,(H,16,18)(H,17,19). The van der Waals surface area contributed by atoms with E-state index in [4.69, 9.17) is 16.9 Å². The molecule has 0 saturated heterocycles. The summed E-state index contributed by atoms with van der Waals surface area (Å²) in [5.41, 5.74) is 0.830. The molecule has 0 aliphatic carbocycles. The van der Waals surface area contributed by atoms with E-state index >= 15 is 0 Å². The summed E-state index contributed by atoms with van der Waals surface area (Å²) >= 11 is 5.85. The van der Waals surface area contributed by atoms with Gasteiger partial charge in [-0.1, -0.05) is 25.4 Å². The maximum atomic E-state index is 11.7. The van der Waals surface area contributed by atoms with Gasteiger partial charge < -0.3 is 10.6 Å². The summed E-state index contributed by atoms with van der Waals surface area (Å²) in [4.78, 5) is 23.1. The van der Waals surface area contributed by atoms with Gasteiger partial charge in [-0.2, -0.15) is 5.26 Å². The van der Waals surface area contributed by atoms with Crippen LogP contribution in [0.1, 0.15) is 20.3 Å². The second-order valence-electron chi connectivity index (χ2n) is 4.22. The van der Waals surface area contributed by atoms with Crippen molar-refractivity contribution in [1.82, 2.24) is 0 Å². The maximum Gasteiger partial charge on any atom is 0.238 e. The second kappa shape index (κ2) is 6.76. The smallest absolute Gasteiger partial charge is 0.238 e. The highest BCUT2D eigenvalue weighted by molar-refractivity contribution is 6.31. The summed E-state index contributed by atoms with van der Waals surface area (Å²) in [6.45, 7) is 3.53. The molecule has 0 heterocycles. The van der Waals surface area contributed by atoms with E-state index in [0.717, 1.165) is 0 Å². The van der Waals surface area contributed by atoms with Gasteiger partial charge >= 0.3 is 0 Å². The summed E-state index contributed by atoms with van der Waals surface area (Å²) in [5, 5.41) is 14.1. The molecule has 0 fully saturated rings. The number of carbonyl (C=O) groups excluding carboxylic acids is 2. The molecule has 1 aromatic rings. The van der Waals surface area contributed by atoms with Crippen molar-refractivity contribution >= 4 is 34.8 Å². The zero-order valence-electron chi connectivity index (χ0n) is 10.7. The highest BCUT2D eigenvalue weighted by atomic mass is 35.5. The summed E-state index contributed by atoms with van der Waals surface area (Å²) in [7, 11) is 0. The van der Waals surface area contributed by atoms with Crippen LogP contribution in [-0.2, 0) is 9.59 Å². The molecule has 0 unspecified atom stereocenters. The monoisotopic (exact) mass is 279 g/mol. The van der Waals surface area contributed by atoms with Crippen LogP contribution in [0, 0.1) is 17.2 Å². The van der Waals surface area contributed by atoms with E-state index in [0.29, 0.717) is 16.4 Å². The van der Waals surface area contributed by atoms with E-state index in [1.807, 2.05) is 0 Å². The molecule has 6 heteroatoms. The number of rotatable bonds is 4. The lowest BCUT2D eigenvalue weighted by Crippen LogP contribution is -2.20. The Hall–Kier alpha value is -2.06. The first-order chi connectivity index (χ1) is 8.93. The number of nitrogens with zero attached hydrogens (tertiary/aromatic N) is 1. The van der Waals surface area contributed by atoms with Gasteiger partial charge in [-0.25, -0.2) is 0 Å². The Balaban J connectivity index is 2.95. The van der Waals surface area contributed by atoms with Crippen molar-refractivity contribution in [2.45, 2.75) is 20.3 Å². The molecular formula is C13H14ClN3O2. The van der Waals surface area contributed by atoms with E-state index in [-0.39, 0.29) is 18.2 Å². The zero-order chi connectivity index (χ0) is 14.4. The predicted octanol–water partition coefficient (Wildman–Crippen LogP) is 2.79. The molecule has 0 spiro atoms. The minimum Gasteiger partial charge on any atom is -0.324 e. The van der Waals surface area contributed by atoms with Crippen LogP contribution in [0.4, 0.5) is 11.4 Å². The summed E-state index contributed by atoms with van der Waals surface area (Å²) in [6, 6.07) is 6.48. The molecule has 1 rings (SSSR count). The number of benzene rings is 1. The highest BCUT2D eigenvalue weighted by Crippen LogP contribution is 2.26. The average molecular weight is 280 g/mol. The first-order valence-electron chi connectivity index (χ1n) is 5.71. The van der Waals surface area contributed by atoms with Gasteiger partial charge in [0.05, 0.1) is 17.4 Å². The number of hydrogen-bond acceptors (Lipinski definition) is 3. The predicted molar refractivity (Wildman–Crippen MR) is 73.8 cm³/mol. The van der Waals surface area contributed by atoms with Crippen molar-refractivity contribution in [3.05, 3.63) is 23.2 Å². The topological polar surface area (TPSA) is 82.0 Å². The van der Waals surface area contributed by atoms with E-state index in [9.17, 15) is 9.59 Å². The van der Waals surface area contributed by atoms with Gasteiger partial charge in [0, 0.05) is 10.9 Å². The lowest BCUT2D eigenvalue weighted by Gasteiger charge is -2.13. The molecule has 19 heavy (non-hydrogen) atoms. The van der Waals surface area contributed by atoms with E-state index in [2.05, 4.69) is 10.6 Å². The van der Waals surface area contributed by atoms with Gasteiger partial charge in [0.1, 0.15) is 6.42 Å². The second-order valence-corrected chi connectivity index (χ2v) is 4.65. The first-order valence-corrected chi connectivity index (χ1v) is 6.09. The number of carbonyl (C=O) groups is 2. The molecule has 5 nitrogen and oxygen atoms in total. The Morgan fingerprint density at radius 1 is 1.32 bits per heavy atom. The van der Waals surface area contributed by atoms with Crippen molar-refractivity contribution in [3.63, 3.8) is 0 Å². The fourth-order valence-corrected chi connectivity index (χ4v) is 1.44. The molecule has 1 aromatic carbocycles. The Labute approximate surface area is 116 Å². The third-order valence-corrected chi connectivity index (χ3v) is 2.51. The summed E-state index contributed by atoms with van der Waals surface area (Å²) in [6.07, 6.45) is -0.260. The fourth-order valence-electron chi connectivity index (χ4n) is 1.27. The number of amides is 2. The number of halogens is 1. The maximum absolute atomic E-state index is 11.7. The van der Waals surface area contributed by atoms with Gasteiger partial charge in [-0.05, 0) is 18.2 Å². The van der Waals surface area contributed by atoms with Crippen LogP contribution in [0.3, 0.4) is 0 Å². The average Bonchev–Trinajstić information content (AvgIpc) is 2.32. The Morgan fingerprint density at radius 2 is 2.00 bits per heavy atom. The van der Waals surface area contributed by atoms with Gasteiger partial charge in [0.2, 0.25) is 11.8 Å². The van der Waals surface area contributed by atoms with Crippen molar-refractivity contribution in [2.75, 3.05) is 10.6 Å². The van der Waals surface area contributed by atoms with E-state index in [1.165, 1.54) is 6.07 Å². The van der Waals surface area contributed by atoms with Gasteiger partial charge in [0.15, 0.2) is 0 Å². The molecule has 0 aliphatic rings. The molecule has 0 aliphatic heterocycles. The molecule has 2 amide bonds. The molecular weight excluding hydrogens is 266 g/mol. The van der Waals surface area contributed by atoms with Crippen LogP contribution in [0.15, 0.2) is 18.2 Å². The van der Waals surface area contributed by atoms with Crippen molar-refractivity contribution < 1.29 is 9.59 Å². The van der Waals surface area contributed by atoms with Crippen molar-refractivity contribution in [1.29, 1.82) is 5.26 Å². The highest BCUT2D eigenvalue weighted by Gasteiger charge is 2.12. The van der Waals surface area contributed by atoms with Crippen molar-refractivity contribution in [3.8, 4) is 6.07 Å². The Morgan fingerprint density at radius 3 is 2.58 bits per heavy atom. The Bertz CT molecular complexity index is 535. The molecule has 0 atom stereocenters. The normalized spacial score (nSPS) is 9.84. The first kappa shape index (κ1) is 15.0. The number of nitrogens with one attached hydrogen (secondary N) is 2. The third-order valence-electron chi connectivity index (χ3n) is 2.28. The molecule has 0 radical (unpaired) electrons. The van der Waals surface area contributed by atoms with Crippen LogP contribution in [0.2, 0.25) is 5.02 Å². The quantitative estimate of drug-likeness (QED) is 0.889. The van der Waals surface area contributed by atoms with Crippen molar-refractivity contribution in [2.24, 2.45) is 5.92 Å². The largest absolute Gasteiger partial charge is 0.324 e. The summed E-state index contributed by atoms with van der Waals surface area (Å²) < 4.78 is 0. The number of hydrogen-bond donors (Lipinski definition) is 2. The van der Waals surface area contributed by atoms with Gasteiger partial charge in [-0.3, -0.25) is 9.59 Å². The molecule has 0 saturated carbocycles. The minimum atomic E-state index is -0.454. The molecule has 2 N–H and O–H groups in total. The van der Waals surface area contributed by atoms with Crippen LogP contribution < -0.4 is 10.6 Å². The lowest BCUT2D eigenvalue weighted by molar-refractivity contribution is -0.119. The Kier molecular flexibility index (Phi) is 5.34. The van der Waals surface area contributed by atoms with Crippen LogP contribution in [-0.4, -0.2) is 11.8 Å². The molecule has 0 aromatic heterocycles. The van der Waals surface area contributed by atoms with Crippen LogP contribution in [0.5, 0.6) is 0 Å². The van der Waals surface area contributed by atoms with E-state index in [1.54, 1.807) is 32.0 Å². The molecule has 100 valence electrons. The number of anilines is 2. The summed E-state index contributed by atoms with van der Waals surface area (Å²) in [5.74, 6) is -0.804. The minimum absolute atomic E-state index is 0.168. The van der Waals surface area contributed by atoms with Crippen LogP contribution >= 0.6 is 11.6 Å². The van der Waals surface area contributed by atoms with Crippen LogP contribution in [0.25, 0.3) is 0 Å². The number of nitriles is 1. The van der Waals surface area contributed by atoms with E-state index < -0.39 is 5.91 Å². The third kappa shape index (κ3) is 4.60. The SMILES string of the molecule is CC(C)C(=O)Nc1ccc(Cl)cc1NC(=O)CC#N.